The molecule has 0 saturated heterocycles. The highest BCUT2D eigenvalue weighted by Crippen LogP contribution is 2.32. The van der Waals surface area contributed by atoms with Crippen LogP contribution < -0.4 is 5.32 Å². The van der Waals surface area contributed by atoms with Crippen LogP contribution in [-0.4, -0.2) is 24.3 Å². The van der Waals surface area contributed by atoms with Gasteiger partial charge in [0.25, 0.3) is 0 Å². The summed E-state index contributed by atoms with van der Waals surface area (Å²) in [4.78, 5) is 35.7. The van der Waals surface area contributed by atoms with Gasteiger partial charge in [-0.3, -0.25) is 9.59 Å². The molecule has 5 nitrogen and oxygen atoms in total. The summed E-state index contributed by atoms with van der Waals surface area (Å²) in [5.41, 5.74) is 2.76. The van der Waals surface area contributed by atoms with Crippen molar-refractivity contribution in [1.29, 1.82) is 0 Å². The number of fused-ring (bicyclic) bond motifs is 1. The summed E-state index contributed by atoms with van der Waals surface area (Å²) in [6.45, 7) is 1.43. The molecule has 6 heteroatoms. The first-order chi connectivity index (χ1) is 12.4. The topological polar surface area (TPSA) is 72.5 Å². The third-order valence-corrected chi connectivity index (χ3v) is 4.65. The number of ether oxygens (including phenoxy) is 1. The van der Waals surface area contributed by atoms with Gasteiger partial charge < -0.3 is 10.1 Å². The van der Waals surface area contributed by atoms with E-state index in [1.807, 2.05) is 24.3 Å². The summed E-state index contributed by atoms with van der Waals surface area (Å²) in [6, 6.07) is 12.4. The van der Waals surface area contributed by atoms with Crippen molar-refractivity contribution < 1.29 is 19.1 Å². The number of esters is 1. The Morgan fingerprint density at radius 3 is 2.65 bits per heavy atom. The van der Waals surface area contributed by atoms with Crippen molar-refractivity contribution in [3.8, 4) is 0 Å². The number of benzene rings is 2. The molecule has 1 N–H and O–H groups in total. The van der Waals surface area contributed by atoms with Crippen molar-refractivity contribution in [1.82, 2.24) is 0 Å². The second kappa shape index (κ2) is 7.66. The lowest BCUT2D eigenvalue weighted by atomic mass is 9.99. The number of anilines is 1. The molecule has 3 rings (SSSR count). The maximum atomic E-state index is 12.2. The fourth-order valence-electron chi connectivity index (χ4n) is 2.60. The van der Waals surface area contributed by atoms with E-state index in [0.717, 1.165) is 15.6 Å². The number of hydrogen-bond donors (Lipinski definition) is 1. The zero-order valence-corrected chi connectivity index (χ0v) is 15.6. The maximum Gasteiger partial charge on any atom is 0.331 e. The SMILES string of the molecule is C[C@@H]1C(=O)Nc2ccc(C(=O)COC(=O)/C=C/c3ccc(Br)cc3)cc21. The average Bonchev–Trinajstić information content (AvgIpc) is 2.93. The number of nitrogens with one attached hydrogen (secondary N) is 1. The van der Waals surface area contributed by atoms with Crippen molar-refractivity contribution in [3.05, 3.63) is 69.7 Å². The Bertz CT molecular complexity index is 903. The van der Waals surface area contributed by atoms with E-state index in [4.69, 9.17) is 4.74 Å². The summed E-state index contributed by atoms with van der Waals surface area (Å²) in [5.74, 6) is -1.29. The van der Waals surface area contributed by atoms with Gasteiger partial charge in [-0.25, -0.2) is 4.79 Å². The molecule has 2 aromatic carbocycles. The molecule has 2 aromatic rings. The highest BCUT2D eigenvalue weighted by Gasteiger charge is 2.27. The van der Waals surface area contributed by atoms with Crippen molar-refractivity contribution in [2.45, 2.75) is 12.8 Å². The van der Waals surface area contributed by atoms with Crippen molar-refractivity contribution in [3.63, 3.8) is 0 Å². The lowest BCUT2D eigenvalue weighted by Gasteiger charge is -2.06. The van der Waals surface area contributed by atoms with Gasteiger partial charge in [-0.2, -0.15) is 0 Å². The smallest absolute Gasteiger partial charge is 0.331 e. The Morgan fingerprint density at radius 2 is 1.92 bits per heavy atom. The number of amides is 1. The molecule has 1 amide bonds. The fourth-order valence-corrected chi connectivity index (χ4v) is 2.86. The van der Waals surface area contributed by atoms with Gasteiger partial charge in [0.1, 0.15) is 0 Å². The fraction of sp³-hybridized carbons (Fsp3) is 0.150. The Hall–Kier alpha value is -2.73. The van der Waals surface area contributed by atoms with E-state index in [1.54, 1.807) is 31.2 Å². The number of ketones is 1. The number of Topliss-reactive ketones (excluding diaryl/α,β-unsaturated/α-hetero) is 1. The Morgan fingerprint density at radius 1 is 1.19 bits per heavy atom. The van der Waals surface area contributed by atoms with Gasteiger partial charge in [0, 0.05) is 21.8 Å². The number of carbonyl (C=O) groups is 3. The first-order valence-corrected chi connectivity index (χ1v) is 8.82. The molecule has 0 bridgehead atoms. The minimum absolute atomic E-state index is 0.0888. The van der Waals surface area contributed by atoms with Crippen LogP contribution >= 0.6 is 15.9 Å². The summed E-state index contributed by atoms with van der Waals surface area (Å²) < 4.78 is 5.95. The second-order valence-electron chi connectivity index (χ2n) is 5.93. The van der Waals surface area contributed by atoms with E-state index in [-0.39, 0.29) is 24.2 Å². The predicted molar refractivity (Wildman–Crippen MR) is 102 cm³/mol. The molecule has 0 fully saturated rings. The number of carbonyl (C=O) groups excluding carboxylic acids is 3. The minimum atomic E-state index is -0.590. The van der Waals surface area contributed by atoms with Gasteiger partial charge >= 0.3 is 5.97 Å². The Kier molecular flexibility index (Phi) is 5.32. The summed E-state index contributed by atoms with van der Waals surface area (Å²) in [7, 11) is 0. The van der Waals surface area contributed by atoms with Gasteiger partial charge in [0.15, 0.2) is 12.4 Å². The van der Waals surface area contributed by atoms with Crippen molar-refractivity contribution >= 4 is 45.4 Å². The van der Waals surface area contributed by atoms with Crippen LogP contribution in [0.2, 0.25) is 0 Å². The molecule has 0 aliphatic carbocycles. The van der Waals surface area contributed by atoms with Gasteiger partial charge in [0.05, 0.1) is 5.92 Å². The first-order valence-electron chi connectivity index (χ1n) is 8.02. The molecule has 26 heavy (non-hydrogen) atoms. The predicted octanol–water partition coefficient (Wildman–Crippen LogP) is 3.94. The highest BCUT2D eigenvalue weighted by atomic mass is 79.9. The molecule has 0 radical (unpaired) electrons. The van der Waals surface area contributed by atoms with Gasteiger partial charge in [0.2, 0.25) is 5.91 Å². The quantitative estimate of drug-likeness (QED) is 0.457. The molecule has 0 unspecified atom stereocenters. The molecule has 0 aromatic heterocycles. The van der Waals surface area contributed by atoms with Gasteiger partial charge in [-0.05, 0) is 54.5 Å². The highest BCUT2D eigenvalue weighted by molar-refractivity contribution is 9.10. The third kappa shape index (κ3) is 4.08. The molecule has 0 saturated carbocycles. The zero-order valence-electron chi connectivity index (χ0n) is 14.0. The first kappa shape index (κ1) is 18.1. The van der Waals surface area contributed by atoms with Gasteiger partial charge in [-0.1, -0.05) is 28.1 Å². The summed E-state index contributed by atoms with van der Waals surface area (Å²) >= 11 is 3.34. The van der Waals surface area contributed by atoms with Crippen molar-refractivity contribution in [2.75, 3.05) is 11.9 Å². The number of hydrogen-bond acceptors (Lipinski definition) is 4. The lowest BCUT2D eigenvalue weighted by molar-refractivity contribution is -0.136. The summed E-state index contributed by atoms with van der Waals surface area (Å²) in [5, 5.41) is 2.75. The maximum absolute atomic E-state index is 12.2. The molecular weight excluding hydrogens is 398 g/mol. The van der Waals surface area contributed by atoms with Crippen LogP contribution in [0.15, 0.2) is 53.0 Å². The molecule has 1 aliphatic heterocycles. The third-order valence-electron chi connectivity index (χ3n) is 4.12. The molecule has 1 heterocycles. The Balaban J connectivity index is 1.58. The number of rotatable bonds is 5. The number of halogens is 1. The minimum Gasteiger partial charge on any atom is -0.454 e. The van der Waals surface area contributed by atoms with E-state index in [9.17, 15) is 14.4 Å². The largest absolute Gasteiger partial charge is 0.454 e. The van der Waals surface area contributed by atoms with Crippen LogP contribution in [0.3, 0.4) is 0 Å². The Labute approximate surface area is 159 Å². The van der Waals surface area contributed by atoms with Crippen molar-refractivity contribution in [2.24, 2.45) is 0 Å². The standard InChI is InChI=1S/C20H16BrNO4/c1-12-16-10-14(5-8-17(16)22-20(12)25)18(23)11-26-19(24)9-4-13-2-6-15(21)7-3-13/h2-10,12H,11H2,1H3,(H,22,25)/b9-4+/t12-/m0/s1. The van der Waals surface area contributed by atoms with Crippen LogP contribution in [0, 0.1) is 0 Å². The lowest BCUT2D eigenvalue weighted by Crippen LogP contribution is -2.13. The molecule has 0 spiro atoms. The molecule has 132 valence electrons. The summed E-state index contributed by atoms with van der Waals surface area (Å²) in [6.07, 6.45) is 2.90. The van der Waals surface area contributed by atoms with E-state index in [0.29, 0.717) is 11.3 Å². The van der Waals surface area contributed by atoms with Crippen LogP contribution in [0.4, 0.5) is 5.69 Å². The normalized spacial score (nSPS) is 15.6. The van der Waals surface area contributed by atoms with Crippen LogP contribution in [0.1, 0.15) is 34.3 Å². The van der Waals surface area contributed by atoms with E-state index >= 15 is 0 Å². The van der Waals surface area contributed by atoms with Crippen LogP contribution in [0.5, 0.6) is 0 Å². The average molecular weight is 414 g/mol. The van der Waals surface area contributed by atoms with E-state index in [2.05, 4.69) is 21.2 Å². The molecular formula is C20H16BrNO4. The van der Waals surface area contributed by atoms with E-state index < -0.39 is 5.97 Å². The molecule has 1 atom stereocenters. The van der Waals surface area contributed by atoms with Gasteiger partial charge in [-0.15, -0.1) is 0 Å². The van der Waals surface area contributed by atoms with Crippen LogP contribution in [0.25, 0.3) is 6.08 Å². The van der Waals surface area contributed by atoms with E-state index in [1.165, 1.54) is 6.08 Å². The second-order valence-corrected chi connectivity index (χ2v) is 6.84. The zero-order chi connectivity index (χ0) is 18.7. The monoisotopic (exact) mass is 413 g/mol. The van der Waals surface area contributed by atoms with Crippen LogP contribution in [-0.2, 0) is 14.3 Å². The molecule has 1 aliphatic rings.